The lowest BCUT2D eigenvalue weighted by molar-refractivity contribution is 0.769. The van der Waals surface area contributed by atoms with Crippen molar-refractivity contribution in [2.75, 3.05) is 0 Å². The van der Waals surface area contributed by atoms with Crippen LogP contribution in [0, 0.1) is 0 Å². The molecule has 0 aliphatic heterocycles. The molecule has 1 aromatic heterocycles. The summed E-state index contributed by atoms with van der Waals surface area (Å²) in [6.07, 6.45) is 0. The van der Waals surface area contributed by atoms with Gasteiger partial charge in [-0.25, -0.2) is 15.0 Å². The maximum Gasteiger partial charge on any atom is 0.164 e. The van der Waals surface area contributed by atoms with Gasteiger partial charge in [0.05, 0.1) is 5.41 Å². The van der Waals surface area contributed by atoms with Crippen LogP contribution in [-0.4, -0.2) is 15.0 Å². The highest BCUT2D eigenvalue weighted by Crippen LogP contribution is 2.56. The van der Waals surface area contributed by atoms with Gasteiger partial charge in [-0.1, -0.05) is 194 Å². The van der Waals surface area contributed by atoms with Crippen LogP contribution in [0.5, 0.6) is 0 Å². The summed E-state index contributed by atoms with van der Waals surface area (Å²) >= 11 is 0. The molecule has 55 heavy (non-hydrogen) atoms. The first-order chi connectivity index (χ1) is 27.3. The second-order valence-electron chi connectivity index (χ2n) is 14.0. The zero-order valence-electron chi connectivity index (χ0n) is 30.0. The van der Waals surface area contributed by atoms with Crippen molar-refractivity contribution in [1.82, 2.24) is 15.0 Å². The summed E-state index contributed by atoms with van der Waals surface area (Å²) in [6, 6.07) is 75.3. The molecule has 0 fully saturated rings. The smallest absolute Gasteiger partial charge is 0.164 e. The van der Waals surface area contributed by atoms with Gasteiger partial charge in [0, 0.05) is 16.7 Å². The summed E-state index contributed by atoms with van der Waals surface area (Å²) in [5.41, 5.74) is 14.5. The van der Waals surface area contributed by atoms with Crippen molar-refractivity contribution in [3.05, 3.63) is 235 Å². The number of aromatic nitrogens is 3. The minimum atomic E-state index is -0.468. The van der Waals surface area contributed by atoms with Crippen molar-refractivity contribution in [3.8, 4) is 67.5 Å². The van der Waals surface area contributed by atoms with Gasteiger partial charge in [-0.3, -0.25) is 0 Å². The summed E-state index contributed by atoms with van der Waals surface area (Å²) < 4.78 is 0. The summed E-state index contributed by atoms with van der Waals surface area (Å²) in [7, 11) is 0. The SMILES string of the molecule is c1ccc(-c2cccc(-c3nc(-c4ccccc4)nc(-c4cccc(-c5ccc6c(c5)C(c5ccccc5)(c5ccccc5)c5ccccc5-6)c4)n3)c2)cc1. The van der Waals surface area contributed by atoms with E-state index >= 15 is 0 Å². The summed E-state index contributed by atoms with van der Waals surface area (Å²) in [5.74, 6) is 1.91. The van der Waals surface area contributed by atoms with Gasteiger partial charge in [0.1, 0.15) is 0 Å². The van der Waals surface area contributed by atoms with Crippen LogP contribution < -0.4 is 0 Å². The Morgan fingerprint density at radius 3 is 1.24 bits per heavy atom. The van der Waals surface area contributed by atoms with Gasteiger partial charge in [-0.15, -0.1) is 0 Å². The quantitative estimate of drug-likeness (QED) is 0.166. The molecule has 9 aromatic rings. The Morgan fingerprint density at radius 2 is 0.655 bits per heavy atom. The third kappa shape index (κ3) is 5.65. The largest absolute Gasteiger partial charge is 0.208 e. The van der Waals surface area contributed by atoms with Crippen molar-refractivity contribution < 1.29 is 0 Å². The number of fused-ring (bicyclic) bond motifs is 3. The van der Waals surface area contributed by atoms with Crippen LogP contribution in [0.15, 0.2) is 212 Å². The zero-order valence-corrected chi connectivity index (χ0v) is 30.0. The molecule has 0 radical (unpaired) electrons. The van der Waals surface area contributed by atoms with E-state index in [0.29, 0.717) is 17.5 Å². The molecule has 3 nitrogen and oxygen atoms in total. The van der Waals surface area contributed by atoms with Gasteiger partial charge in [0.2, 0.25) is 0 Å². The van der Waals surface area contributed by atoms with E-state index in [0.717, 1.165) is 38.9 Å². The molecule has 10 rings (SSSR count). The molecule has 0 saturated carbocycles. The Morgan fingerprint density at radius 1 is 0.255 bits per heavy atom. The lowest BCUT2D eigenvalue weighted by Crippen LogP contribution is -2.28. The normalized spacial score (nSPS) is 12.5. The zero-order chi connectivity index (χ0) is 36.6. The molecule has 0 spiro atoms. The molecule has 1 heterocycles. The van der Waals surface area contributed by atoms with Gasteiger partial charge in [0.15, 0.2) is 17.5 Å². The number of nitrogens with zero attached hydrogens (tertiary/aromatic N) is 3. The second-order valence-corrected chi connectivity index (χ2v) is 14.0. The Balaban J connectivity index is 1.12. The van der Waals surface area contributed by atoms with Crippen LogP contribution in [0.25, 0.3) is 67.5 Å². The van der Waals surface area contributed by atoms with Crippen LogP contribution in [-0.2, 0) is 5.41 Å². The minimum absolute atomic E-state index is 0.468. The fourth-order valence-electron chi connectivity index (χ4n) is 8.28. The van der Waals surface area contributed by atoms with Crippen LogP contribution in [0.1, 0.15) is 22.3 Å². The number of benzene rings is 8. The standard InChI is InChI=1S/C52H35N3/c1-5-17-36(18-6-1)38-21-15-23-41(33-38)50-53-49(37-19-7-2-8-20-37)54-51(55-50)42-24-16-22-39(34-42)40-31-32-46-45-29-13-14-30-47(45)52(48(46)35-40,43-25-9-3-10-26-43)44-27-11-4-12-28-44/h1-35H. The van der Waals surface area contributed by atoms with Crippen LogP contribution in [0.2, 0.25) is 0 Å². The molecule has 258 valence electrons. The first-order valence-corrected chi connectivity index (χ1v) is 18.7. The van der Waals surface area contributed by atoms with Gasteiger partial charge in [0.25, 0.3) is 0 Å². The highest BCUT2D eigenvalue weighted by atomic mass is 15.0. The number of hydrogen-bond donors (Lipinski definition) is 0. The van der Waals surface area contributed by atoms with E-state index in [-0.39, 0.29) is 0 Å². The molecule has 8 aromatic carbocycles. The fourth-order valence-corrected chi connectivity index (χ4v) is 8.28. The lowest BCUT2D eigenvalue weighted by Gasteiger charge is -2.34. The van der Waals surface area contributed by atoms with Crippen molar-refractivity contribution in [1.29, 1.82) is 0 Å². The van der Waals surface area contributed by atoms with E-state index < -0.39 is 5.41 Å². The molecule has 3 heteroatoms. The third-order valence-electron chi connectivity index (χ3n) is 10.8. The van der Waals surface area contributed by atoms with Crippen molar-refractivity contribution >= 4 is 0 Å². The highest BCUT2D eigenvalue weighted by molar-refractivity contribution is 5.88. The molecular formula is C52H35N3. The van der Waals surface area contributed by atoms with Gasteiger partial charge in [-0.2, -0.15) is 0 Å². The van der Waals surface area contributed by atoms with Crippen molar-refractivity contribution in [3.63, 3.8) is 0 Å². The molecule has 0 N–H and O–H groups in total. The van der Waals surface area contributed by atoms with Crippen LogP contribution >= 0.6 is 0 Å². The summed E-state index contributed by atoms with van der Waals surface area (Å²) in [4.78, 5) is 15.2. The number of rotatable bonds is 7. The fraction of sp³-hybridized carbons (Fsp3) is 0.0192. The van der Waals surface area contributed by atoms with Gasteiger partial charge < -0.3 is 0 Å². The van der Waals surface area contributed by atoms with E-state index in [1.54, 1.807) is 0 Å². The first-order valence-electron chi connectivity index (χ1n) is 18.7. The van der Waals surface area contributed by atoms with Crippen LogP contribution in [0.3, 0.4) is 0 Å². The molecule has 0 bridgehead atoms. The average molecular weight is 702 g/mol. The van der Waals surface area contributed by atoms with Crippen molar-refractivity contribution in [2.45, 2.75) is 5.41 Å². The van der Waals surface area contributed by atoms with E-state index in [2.05, 4.69) is 176 Å². The van der Waals surface area contributed by atoms with E-state index in [1.807, 2.05) is 36.4 Å². The Kier molecular flexibility index (Phi) is 8.04. The Hall–Kier alpha value is -7.23. The monoisotopic (exact) mass is 701 g/mol. The minimum Gasteiger partial charge on any atom is -0.208 e. The molecular weight excluding hydrogens is 667 g/mol. The molecule has 0 atom stereocenters. The van der Waals surface area contributed by atoms with Gasteiger partial charge >= 0.3 is 0 Å². The summed E-state index contributed by atoms with van der Waals surface area (Å²) in [6.45, 7) is 0. The van der Waals surface area contributed by atoms with E-state index in [4.69, 9.17) is 15.0 Å². The van der Waals surface area contributed by atoms with E-state index in [1.165, 1.54) is 33.4 Å². The average Bonchev–Trinajstić information content (AvgIpc) is 3.58. The second kappa shape index (κ2) is 13.6. The summed E-state index contributed by atoms with van der Waals surface area (Å²) in [5, 5.41) is 0. The third-order valence-corrected chi connectivity index (χ3v) is 10.8. The topological polar surface area (TPSA) is 38.7 Å². The molecule has 1 aliphatic carbocycles. The maximum atomic E-state index is 5.13. The Bertz CT molecular complexity index is 2760. The molecule has 0 amide bonds. The molecule has 1 aliphatic rings. The Labute approximate surface area is 321 Å². The predicted octanol–water partition coefficient (Wildman–Crippen LogP) is 12.6. The van der Waals surface area contributed by atoms with Crippen molar-refractivity contribution in [2.24, 2.45) is 0 Å². The van der Waals surface area contributed by atoms with E-state index in [9.17, 15) is 0 Å². The first kappa shape index (κ1) is 32.4. The lowest BCUT2D eigenvalue weighted by atomic mass is 9.67. The number of hydrogen-bond acceptors (Lipinski definition) is 3. The van der Waals surface area contributed by atoms with Gasteiger partial charge in [-0.05, 0) is 73.8 Å². The molecule has 0 saturated heterocycles. The molecule has 0 unspecified atom stereocenters. The van der Waals surface area contributed by atoms with Crippen LogP contribution in [0.4, 0.5) is 0 Å². The highest BCUT2D eigenvalue weighted by Gasteiger charge is 2.46. The predicted molar refractivity (Wildman–Crippen MR) is 224 cm³/mol. The maximum absolute atomic E-state index is 5.13.